The lowest BCUT2D eigenvalue weighted by molar-refractivity contribution is -0.153. The van der Waals surface area contributed by atoms with E-state index in [1.807, 2.05) is 69.2 Å². The third-order valence-electron chi connectivity index (χ3n) is 15.1. The number of alkyl carbamates (subject to hydrolysis) is 2. The molecule has 0 radical (unpaired) electrons. The number of hydrogen-bond donors (Lipinski definition) is 2. The van der Waals surface area contributed by atoms with E-state index < -0.39 is 34.5 Å². The van der Waals surface area contributed by atoms with Crippen molar-refractivity contribution in [3.05, 3.63) is 11.6 Å². The largest absolute Gasteiger partial charge is 0.462 e. The van der Waals surface area contributed by atoms with Crippen LogP contribution in [0.3, 0.4) is 0 Å². The molecule has 3 fully saturated rings. The molecule has 2 N–H and O–H groups in total. The molecule has 4 unspecified atom stereocenters. The Hall–Kier alpha value is -2.78. The molecule has 10 nitrogen and oxygen atoms in total. The van der Waals surface area contributed by atoms with Gasteiger partial charge in [-0.2, -0.15) is 0 Å². The molecule has 4 aliphatic rings. The number of hydrogen-bond acceptors (Lipinski definition) is 7. The maximum absolute atomic E-state index is 13.9. The highest BCUT2D eigenvalue weighted by Crippen LogP contribution is 2.67. The van der Waals surface area contributed by atoms with Gasteiger partial charge in [-0.05, 0) is 173 Å². The van der Waals surface area contributed by atoms with Crippen LogP contribution in [0.2, 0.25) is 0 Å². The van der Waals surface area contributed by atoms with Gasteiger partial charge >= 0.3 is 18.2 Å². The minimum atomic E-state index is -0.671. The van der Waals surface area contributed by atoms with Crippen LogP contribution < -0.4 is 10.6 Å². The average molecular weight is 866 g/mol. The zero-order valence-electron chi connectivity index (χ0n) is 41.4. The molecular weight excluding hydrogens is 767 g/mol. The van der Waals surface area contributed by atoms with E-state index in [1.54, 1.807) is 4.90 Å². The van der Waals surface area contributed by atoms with Crippen molar-refractivity contribution in [1.82, 2.24) is 15.5 Å². The molecule has 10 heteroatoms. The van der Waals surface area contributed by atoms with Crippen molar-refractivity contribution >= 4 is 24.1 Å². The molecule has 360 valence electrons. The van der Waals surface area contributed by atoms with Gasteiger partial charge in [0, 0.05) is 44.1 Å². The Labute approximate surface area is 379 Å². The van der Waals surface area contributed by atoms with Gasteiger partial charge in [-0.25, -0.2) is 9.59 Å². The number of carbonyl (C=O) groups excluding carboxylic acids is 4. The van der Waals surface area contributed by atoms with Gasteiger partial charge in [0.05, 0.1) is 6.42 Å². The summed E-state index contributed by atoms with van der Waals surface area (Å²) in [4.78, 5) is 54.3. The predicted molar refractivity (Wildman–Crippen MR) is 255 cm³/mol. The van der Waals surface area contributed by atoms with Crippen LogP contribution in [0, 0.1) is 46.3 Å². The second kappa shape index (κ2) is 19.9. The summed E-state index contributed by atoms with van der Waals surface area (Å²) in [5.74, 6) is 4.21. The molecule has 0 saturated heterocycles. The molecule has 0 bridgehead atoms. The predicted octanol–water partition coefficient (Wildman–Crippen LogP) is 13.2. The quantitative estimate of drug-likeness (QED) is 0.0848. The van der Waals surface area contributed by atoms with Crippen LogP contribution in [0.1, 0.15) is 207 Å². The normalized spacial score (nSPS) is 28.4. The van der Waals surface area contributed by atoms with Crippen molar-refractivity contribution in [3.8, 4) is 0 Å². The van der Waals surface area contributed by atoms with Crippen LogP contribution in [0.15, 0.2) is 11.6 Å². The Morgan fingerprint density at radius 2 is 1.34 bits per heavy atom. The Bertz CT molecular complexity index is 1530. The lowest BCUT2D eigenvalue weighted by Gasteiger charge is -2.58. The van der Waals surface area contributed by atoms with Gasteiger partial charge in [0.1, 0.15) is 17.3 Å². The van der Waals surface area contributed by atoms with E-state index in [4.69, 9.17) is 14.2 Å². The van der Waals surface area contributed by atoms with Crippen molar-refractivity contribution in [1.29, 1.82) is 0 Å². The monoisotopic (exact) mass is 866 g/mol. The molecule has 0 aliphatic heterocycles. The number of nitrogens with zero attached hydrogens (tertiary/aromatic N) is 1. The number of esters is 1. The van der Waals surface area contributed by atoms with Gasteiger partial charge in [-0.1, -0.05) is 65.5 Å². The molecule has 3 amide bonds. The highest BCUT2D eigenvalue weighted by Gasteiger charge is 2.59. The number of allylic oxidation sites excluding steroid dienone is 1. The minimum Gasteiger partial charge on any atom is -0.462 e. The van der Waals surface area contributed by atoms with Gasteiger partial charge in [-0.3, -0.25) is 9.59 Å². The first-order valence-corrected chi connectivity index (χ1v) is 24.2. The second-order valence-electron chi connectivity index (χ2n) is 24.0. The van der Waals surface area contributed by atoms with Crippen molar-refractivity contribution < 1.29 is 40.5 Å². The Morgan fingerprint density at radius 1 is 0.770 bits per heavy atom. The van der Waals surface area contributed by atoms with Crippen LogP contribution in [-0.2, 0) is 23.8 Å². The van der Waals surface area contributed by atoms with Gasteiger partial charge in [0.25, 0.3) is 0 Å². The van der Waals surface area contributed by atoms with E-state index in [-0.39, 0.29) is 43.4 Å². The molecule has 0 aromatic heterocycles. The number of fused-ring (bicyclic) bond motifs is 5. The summed E-state index contributed by atoms with van der Waals surface area (Å²) in [6.07, 6.45) is 15.6. The number of rotatable bonds is 17. The van der Waals surface area contributed by atoms with Crippen molar-refractivity contribution in [2.24, 2.45) is 46.3 Å². The molecule has 4 aliphatic carbocycles. The minimum absolute atomic E-state index is 0. The van der Waals surface area contributed by atoms with Gasteiger partial charge in [0.15, 0.2) is 0 Å². The van der Waals surface area contributed by atoms with E-state index in [9.17, 15) is 19.2 Å². The fourth-order valence-electron chi connectivity index (χ4n) is 11.8. The maximum atomic E-state index is 13.9. The molecule has 0 spiro atoms. The van der Waals surface area contributed by atoms with Crippen LogP contribution in [-0.4, -0.2) is 70.4 Å². The fourth-order valence-corrected chi connectivity index (χ4v) is 11.8. The molecule has 61 heavy (non-hydrogen) atoms. The Morgan fingerprint density at radius 3 is 1.89 bits per heavy atom. The number of amides is 3. The molecule has 0 aromatic carbocycles. The topological polar surface area (TPSA) is 123 Å². The van der Waals surface area contributed by atoms with Gasteiger partial charge < -0.3 is 29.7 Å². The standard InChI is InChI=1S/C51H89N3O7.5H2/c1-34(2)17-16-18-35(3)39-21-22-40-38-20-19-36-33-37(25-27-50(36,14)41(38)26-28-51(39,40)15)59-43(56)24-23-42(55)54(31-29-48(10,11)52-44(57)60-46(4,5)6)32-30-49(12,13)53-45(58)61-47(7,8)9;;;;;/h19,34-35,37-41H,16-18,20-33H2,1-15H3,(H,52,57)(H,53,58);5*1H/t35-,37+,38+,39?,40?,41?,50?,51-;;;;;/m1...../s1. The zero-order valence-corrected chi connectivity index (χ0v) is 41.4. The molecule has 3 saturated carbocycles. The second-order valence-corrected chi connectivity index (χ2v) is 24.0. The third-order valence-corrected chi connectivity index (χ3v) is 15.1. The van der Waals surface area contributed by atoms with E-state index in [0.717, 1.165) is 55.3 Å². The van der Waals surface area contributed by atoms with Crippen LogP contribution >= 0.6 is 0 Å². The molecular formula is C51H99N3O7. The summed E-state index contributed by atoms with van der Waals surface area (Å²) in [7, 11) is 0. The summed E-state index contributed by atoms with van der Waals surface area (Å²) in [6.45, 7) is 31.6. The number of carbonyl (C=O) groups is 4. The average Bonchev–Trinajstić information content (AvgIpc) is 3.45. The highest BCUT2D eigenvalue weighted by molar-refractivity contribution is 5.81. The first-order chi connectivity index (χ1) is 28.0. The Balaban J connectivity index is 0. The molecule has 0 heterocycles. The summed E-state index contributed by atoms with van der Waals surface area (Å²) in [6, 6.07) is 0. The van der Waals surface area contributed by atoms with E-state index >= 15 is 0 Å². The van der Waals surface area contributed by atoms with Crippen molar-refractivity contribution in [2.45, 2.75) is 229 Å². The lowest BCUT2D eigenvalue weighted by Crippen LogP contribution is -2.51. The van der Waals surface area contributed by atoms with Crippen LogP contribution in [0.25, 0.3) is 0 Å². The van der Waals surface area contributed by atoms with Crippen LogP contribution in [0.4, 0.5) is 9.59 Å². The molecule has 4 rings (SSSR count). The molecule has 0 aromatic rings. The van der Waals surface area contributed by atoms with E-state index in [2.05, 4.69) is 51.3 Å². The fraction of sp³-hybridized carbons (Fsp3) is 0.882. The lowest BCUT2D eigenvalue weighted by atomic mass is 9.47. The Kier molecular flexibility index (Phi) is 16.6. The smallest absolute Gasteiger partial charge is 0.408 e. The van der Waals surface area contributed by atoms with Gasteiger partial charge in [-0.15, -0.1) is 0 Å². The van der Waals surface area contributed by atoms with Crippen molar-refractivity contribution in [2.75, 3.05) is 13.1 Å². The first-order valence-electron chi connectivity index (χ1n) is 24.2. The zero-order chi connectivity index (χ0) is 45.8. The number of nitrogens with one attached hydrogen (secondary N) is 2. The van der Waals surface area contributed by atoms with Gasteiger partial charge in [0.2, 0.25) is 5.91 Å². The third kappa shape index (κ3) is 14.4. The number of ether oxygens (including phenoxy) is 3. The molecule has 8 atom stereocenters. The first kappa shape index (κ1) is 50.9. The summed E-state index contributed by atoms with van der Waals surface area (Å²) in [5, 5.41) is 5.87. The van der Waals surface area contributed by atoms with E-state index in [0.29, 0.717) is 37.3 Å². The van der Waals surface area contributed by atoms with Crippen molar-refractivity contribution in [3.63, 3.8) is 0 Å². The van der Waals surface area contributed by atoms with E-state index in [1.165, 1.54) is 50.5 Å². The SMILES string of the molecule is CC(C)CCC[C@@H](C)C1CCC2[C@@H]3CC=C4C[C@@H](OC(=O)CCC(=O)N(CCC(C)(C)NC(=O)OC(C)(C)C)CCC(C)(C)NC(=O)OC(C)(C)C)CCC4(C)C3CC[C@@]21C.[HH].[HH].[HH].[HH].[HH]. The summed E-state index contributed by atoms with van der Waals surface area (Å²) < 4.78 is 17.1. The maximum Gasteiger partial charge on any atom is 0.408 e. The highest BCUT2D eigenvalue weighted by atomic mass is 16.6. The summed E-state index contributed by atoms with van der Waals surface area (Å²) in [5.41, 5.74) is -0.500. The van der Waals surface area contributed by atoms with Crippen LogP contribution in [0.5, 0.6) is 0 Å². The summed E-state index contributed by atoms with van der Waals surface area (Å²) >= 11 is 0.